The van der Waals surface area contributed by atoms with Gasteiger partial charge in [0.2, 0.25) is 0 Å². The number of rotatable bonds is 3. The quantitative estimate of drug-likeness (QED) is 0.575. The Morgan fingerprint density at radius 2 is 1.92 bits per heavy atom. The summed E-state index contributed by atoms with van der Waals surface area (Å²) in [6.45, 7) is 3.72. The van der Waals surface area contributed by atoms with Crippen molar-refractivity contribution in [1.82, 2.24) is 19.9 Å². The summed E-state index contributed by atoms with van der Waals surface area (Å²) in [5, 5.41) is 0.575. The monoisotopic (exact) mass is 332 g/mol. The summed E-state index contributed by atoms with van der Waals surface area (Å²) in [4.78, 5) is 16.7. The van der Waals surface area contributed by atoms with E-state index in [9.17, 15) is 0 Å². The van der Waals surface area contributed by atoms with Crippen LogP contribution in [0.25, 0.3) is 39.9 Å². The molecule has 4 rings (SSSR count). The normalized spacial score (nSPS) is 10.9. The van der Waals surface area contributed by atoms with Crippen molar-refractivity contribution < 1.29 is 0 Å². The molecule has 1 N–H and O–H groups in total. The standard InChI is InChI=1S/C19H13ClN4/c1-2-12-9-14(20)18(22-10-12)13-7-8-17(21-11-13)19-23-15-5-3-4-6-16(15)24-19/h2-11H,1H2,(H,23,24). The molecule has 3 aromatic heterocycles. The van der Waals surface area contributed by atoms with Crippen LogP contribution in [0, 0.1) is 0 Å². The summed E-state index contributed by atoms with van der Waals surface area (Å²) >= 11 is 6.30. The molecular weight excluding hydrogens is 320 g/mol. The minimum Gasteiger partial charge on any atom is -0.337 e. The zero-order chi connectivity index (χ0) is 16.5. The molecule has 0 aliphatic rings. The van der Waals surface area contributed by atoms with Crippen molar-refractivity contribution in [3.8, 4) is 22.8 Å². The zero-order valence-electron chi connectivity index (χ0n) is 12.7. The summed E-state index contributed by atoms with van der Waals surface area (Å²) in [5.41, 5.74) is 5.12. The van der Waals surface area contributed by atoms with Crippen LogP contribution < -0.4 is 0 Å². The highest BCUT2D eigenvalue weighted by molar-refractivity contribution is 6.33. The number of nitrogens with one attached hydrogen (secondary N) is 1. The topological polar surface area (TPSA) is 54.5 Å². The number of fused-ring (bicyclic) bond motifs is 1. The van der Waals surface area contributed by atoms with Crippen molar-refractivity contribution in [2.75, 3.05) is 0 Å². The molecule has 0 saturated carbocycles. The molecule has 5 heteroatoms. The number of hydrogen-bond donors (Lipinski definition) is 1. The predicted octanol–water partition coefficient (Wildman–Crippen LogP) is 4.98. The van der Waals surface area contributed by atoms with Gasteiger partial charge in [-0.1, -0.05) is 36.4 Å². The van der Waals surface area contributed by atoms with E-state index in [1.807, 2.05) is 42.5 Å². The van der Waals surface area contributed by atoms with E-state index >= 15 is 0 Å². The number of H-pyrrole nitrogens is 1. The van der Waals surface area contributed by atoms with Crippen LogP contribution in [0.5, 0.6) is 0 Å². The van der Waals surface area contributed by atoms with Crippen molar-refractivity contribution in [2.24, 2.45) is 0 Å². The number of aromatic amines is 1. The Hall–Kier alpha value is -2.98. The molecule has 0 atom stereocenters. The fraction of sp³-hybridized carbons (Fsp3) is 0. The Bertz CT molecular complexity index is 1000. The summed E-state index contributed by atoms with van der Waals surface area (Å²) in [6, 6.07) is 13.6. The molecular formula is C19H13ClN4. The third-order valence-electron chi connectivity index (χ3n) is 3.77. The van der Waals surface area contributed by atoms with E-state index in [0.29, 0.717) is 10.7 Å². The summed E-state index contributed by atoms with van der Waals surface area (Å²) in [6.07, 6.45) is 5.21. The highest BCUT2D eigenvalue weighted by Crippen LogP contribution is 2.27. The summed E-state index contributed by atoms with van der Waals surface area (Å²) in [5.74, 6) is 0.740. The summed E-state index contributed by atoms with van der Waals surface area (Å²) < 4.78 is 0. The van der Waals surface area contributed by atoms with Crippen molar-refractivity contribution in [3.05, 3.63) is 72.0 Å². The molecule has 0 fully saturated rings. The minimum absolute atomic E-state index is 0.575. The maximum absolute atomic E-state index is 6.30. The van der Waals surface area contributed by atoms with Crippen molar-refractivity contribution >= 4 is 28.7 Å². The number of halogens is 1. The lowest BCUT2D eigenvalue weighted by Gasteiger charge is -2.05. The zero-order valence-corrected chi connectivity index (χ0v) is 13.5. The number of para-hydroxylation sites is 2. The number of benzene rings is 1. The number of aromatic nitrogens is 4. The minimum atomic E-state index is 0.575. The third-order valence-corrected chi connectivity index (χ3v) is 4.06. The first-order valence-electron chi connectivity index (χ1n) is 7.44. The van der Waals surface area contributed by atoms with Gasteiger partial charge in [0.05, 0.1) is 21.7 Å². The molecule has 116 valence electrons. The third kappa shape index (κ3) is 2.57. The van der Waals surface area contributed by atoms with Gasteiger partial charge in [0.25, 0.3) is 0 Å². The van der Waals surface area contributed by atoms with Gasteiger partial charge < -0.3 is 4.98 Å². The first kappa shape index (κ1) is 14.6. The van der Waals surface area contributed by atoms with Gasteiger partial charge in [0.1, 0.15) is 5.69 Å². The van der Waals surface area contributed by atoms with Gasteiger partial charge in [-0.15, -0.1) is 0 Å². The van der Waals surface area contributed by atoms with E-state index in [2.05, 4.69) is 26.5 Å². The molecule has 4 aromatic rings. The fourth-order valence-electron chi connectivity index (χ4n) is 2.52. The van der Waals surface area contributed by atoms with E-state index in [0.717, 1.165) is 33.7 Å². The number of imidazole rings is 1. The highest BCUT2D eigenvalue weighted by Gasteiger charge is 2.09. The molecule has 4 nitrogen and oxygen atoms in total. The number of pyridine rings is 2. The first-order valence-corrected chi connectivity index (χ1v) is 7.82. The Kier molecular flexibility index (Phi) is 3.59. The molecule has 0 aliphatic heterocycles. The van der Waals surface area contributed by atoms with Crippen LogP contribution in [-0.4, -0.2) is 19.9 Å². The smallest absolute Gasteiger partial charge is 0.157 e. The van der Waals surface area contributed by atoms with Crippen LogP contribution in [0.1, 0.15) is 5.56 Å². The summed E-state index contributed by atoms with van der Waals surface area (Å²) in [7, 11) is 0. The van der Waals surface area contributed by atoms with E-state index < -0.39 is 0 Å². The fourth-order valence-corrected chi connectivity index (χ4v) is 2.81. The van der Waals surface area contributed by atoms with Crippen molar-refractivity contribution in [1.29, 1.82) is 0 Å². The van der Waals surface area contributed by atoms with Gasteiger partial charge in [0.15, 0.2) is 5.82 Å². The number of nitrogens with zero attached hydrogens (tertiary/aromatic N) is 3. The molecule has 0 unspecified atom stereocenters. The van der Waals surface area contributed by atoms with E-state index in [4.69, 9.17) is 11.6 Å². The molecule has 0 radical (unpaired) electrons. The van der Waals surface area contributed by atoms with Crippen LogP contribution >= 0.6 is 11.6 Å². The molecule has 3 heterocycles. The lowest BCUT2D eigenvalue weighted by molar-refractivity contribution is 1.22. The second-order valence-corrected chi connectivity index (χ2v) is 5.75. The lowest BCUT2D eigenvalue weighted by atomic mass is 10.1. The van der Waals surface area contributed by atoms with Crippen molar-refractivity contribution in [2.45, 2.75) is 0 Å². The average Bonchev–Trinajstić information content (AvgIpc) is 3.06. The molecule has 0 spiro atoms. The molecule has 0 saturated heterocycles. The number of hydrogen-bond acceptors (Lipinski definition) is 3. The highest BCUT2D eigenvalue weighted by atomic mass is 35.5. The molecule has 1 aromatic carbocycles. The second kappa shape index (κ2) is 5.91. The Morgan fingerprint density at radius 1 is 1.04 bits per heavy atom. The van der Waals surface area contributed by atoms with Crippen LogP contribution in [0.4, 0.5) is 0 Å². The second-order valence-electron chi connectivity index (χ2n) is 5.34. The van der Waals surface area contributed by atoms with E-state index in [1.165, 1.54) is 0 Å². The largest absolute Gasteiger partial charge is 0.337 e. The lowest BCUT2D eigenvalue weighted by Crippen LogP contribution is -1.90. The van der Waals surface area contributed by atoms with E-state index in [-0.39, 0.29) is 0 Å². The maximum Gasteiger partial charge on any atom is 0.157 e. The molecule has 24 heavy (non-hydrogen) atoms. The maximum atomic E-state index is 6.30. The van der Waals surface area contributed by atoms with E-state index in [1.54, 1.807) is 18.5 Å². The molecule has 0 amide bonds. The van der Waals surface area contributed by atoms with Gasteiger partial charge in [-0.25, -0.2) is 4.98 Å². The van der Waals surface area contributed by atoms with Gasteiger partial charge in [-0.3, -0.25) is 9.97 Å². The van der Waals surface area contributed by atoms with Crippen LogP contribution in [0.3, 0.4) is 0 Å². The molecule has 0 aliphatic carbocycles. The van der Waals surface area contributed by atoms with Crippen molar-refractivity contribution in [3.63, 3.8) is 0 Å². The Labute approximate surface area is 143 Å². The van der Waals surface area contributed by atoms with Gasteiger partial charge in [0, 0.05) is 18.0 Å². The van der Waals surface area contributed by atoms with Crippen LogP contribution in [0.15, 0.2) is 61.4 Å². The first-order chi connectivity index (χ1) is 11.7. The SMILES string of the molecule is C=Cc1cnc(-c2ccc(-c3nc4ccccc4[nH]3)nc2)c(Cl)c1. The Balaban J connectivity index is 1.71. The van der Waals surface area contributed by atoms with Gasteiger partial charge in [-0.05, 0) is 35.9 Å². The van der Waals surface area contributed by atoms with Gasteiger partial charge >= 0.3 is 0 Å². The van der Waals surface area contributed by atoms with Gasteiger partial charge in [-0.2, -0.15) is 0 Å². The molecule has 0 bridgehead atoms. The van der Waals surface area contributed by atoms with Crippen LogP contribution in [-0.2, 0) is 0 Å². The average molecular weight is 333 g/mol. The predicted molar refractivity (Wildman–Crippen MR) is 97.7 cm³/mol. The van der Waals surface area contributed by atoms with Crippen LogP contribution in [0.2, 0.25) is 5.02 Å². The Morgan fingerprint density at radius 3 is 2.62 bits per heavy atom.